The number of nitrogens with zero attached hydrogens (tertiary/aromatic N) is 4. The Labute approximate surface area is 166 Å². The van der Waals surface area contributed by atoms with Gasteiger partial charge in [0.2, 0.25) is 0 Å². The molecule has 0 bridgehead atoms. The number of fused-ring (bicyclic) bond motifs is 2. The molecule has 6 heteroatoms. The maximum absolute atomic E-state index is 13.8. The van der Waals surface area contributed by atoms with Crippen molar-refractivity contribution in [2.24, 2.45) is 0 Å². The van der Waals surface area contributed by atoms with Crippen molar-refractivity contribution >= 4 is 16.7 Å². The van der Waals surface area contributed by atoms with Crippen LogP contribution in [0.3, 0.4) is 0 Å². The molecule has 1 aliphatic rings. The van der Waals surface area contributed by atoms with E-state index in [1.54, 1.807) is 18.2 Å². The summed E-state index contributed by atoms with van der Waals surface area (Å²) in [7, 11) is 0. The summed E-state index contributed by atoms with van der Waals surface area (Å²) >= 11 is 0. The van der Waals surface area contributed by atoms with E-state index in [2.05, 4.69) is 25.9 Å². The van der Waals surface area contributed by atoms with E-state index in [-0.39, 0.29) is 11.6 Å². The first kappa shape index (κ1) is 17.7. The molecule has 0 spiro atoms. The number of anilines is 1. The second-order valence-electron chi connectivity index (χ2n) is 7.32. The van der Waals surface area contributed by atoms with Crippen molar-refractivity contribution in [1.29, 1.82) is 0 Å². The van der Waals surface area contributed by atoms with Gasteiger partial charge in [-0.25, -0.2) is 18.7 Å². The summed E-state index contributed by atoms with van der Waals surface area (Å²) in [6.07, 6.45) is 4.08. The molecule has 1 aliphatic heterocycles. The van der Waals surface area contributed by atoms with E-state index in [4.69, 9.17) is 0 Å². The molecule has 0 saturated carbocycles. The van der Waals surface area contributed by atoms with Gasteiger partial charge in [-0.2, -0.15) is 0 Å². The monoisotopic (exact) mass is 388 g/mol. The van der Waals surface area contributed by atoms with Gasteiger partial charge in [-0.05, 0) is 60.0 Å². The highest BCUT2D eigenvalue weighted by Gasteiger charge is 2.21. The van der Waals surface area contributed by atoms with E-state index in [1.165, 1.54) is 24.5 Å². The fourth-order valence-corrected chi connectivity index (χ4v) is 3.93. The van der Waals surface area contributed by atoms with Crippen LogP contribution in [0, 0.1) is 18.6 Å². The molecule has 0 aliphatic carbocycles. The molecule has 144 valence electrons. The predicted molar refractivity (Wildman–Crippen MR) is 109 cm³/mol. The molecule has 0 saturated heterocycles. The summed E-state index contributed by atoms with van der Waals surface area (Å²) in [6.45, 7) is 3.30. The maximum atomic E-state index is 13.8. The Morgan fingerprint density at radius 2 is 1.76 bits per heavy atom. The minimum Gasteiger partial charge on any atom is -0.351 e. The normalized spacial score (nSPS) is 13.6. The summed E-state index contributed by atoms with van der Waals surface area (Å²) in [5.41, 5.74) is 5.54. The van der Waals surface area contributed by atoms with Gasteiger partial charge < -0.3 is 4.90 Å². The quantitative estimate of drug-likeness (QED) is 0.493. The Bertz CT molecular complexity index is 1240. The van der Waals surface area contributed by atoms with Crippen molar-refractivity contribution in [2.45, 2.75) is 19.9 Å². The number of hydrogen-bond donors (Lipinski definition) is 0. The number of pyridine rings is 1. The van der Waals surface area contributed by atoms with Crippen molar-refractivity contribution in [3.63, 3.8) is 0 Å². The second kappa shape index (κ2) is 6.88. The molecule has 0 N–H and O–H groups in total. The zero-order valence-corrected chi connectivity index (χ0v) is 15.9. The van der Waals surface area contributed by atoms with Gasteiger partial charge in [0.1, 0.15) is 23.8 Å². The summed E-state index contributed by atoms with van der Waals surface area (Å²) in [5, 5.41) is 0.695. The number of benzene rings is 2. The molecule has 4 nitrogen and oxygen atoms in total. The van der Waals surface area contributed by atoms with Crippen molar-refractivity contribution in [1.82, 2.24) is 15.0 Å². The number of aryl methyl sites for hydroxylation is 1. The number of aromatic nitrogens is 3. The molecule has 0 radical (unpaired) electrons. The first-order chi connectivity index (χ1) is 14.1. The molecule has 2 aromatic heterocycles. The van der Waals surface area contributed by atoms with Crippen molar-refractivity contribution < 1.29 is 8.78 Å². The lowest BCUT2D eigenvalue weighted by molar-refractivity contribution is 0.627. The Morgan fingerprint density at radius 1 is 0.931 bits per heavy atom. The Hall–Kier alpha value is -3.41. The van der Waals surface area contributed by atoms with Crippen LogP contribution < -0.4 is 4.90 Å². The van der Waals surface area contributed by atoms with Gasteiger partial charge in [-0.1, -0.05) is 6.07 Å². The lowest BCUT2D eigenvalue weighted by atomic mass is 9.97. The van der Waals surface area contributed by atoms with Crippen LogP contribution in [0.15, 0.2) is 55.0 Å². The smallest absolute Gasteiger partial charge is 0.140 e. The minimum atomic E-state index is -0.309. The van der Waals surface area contributed by atoms with Crippen LogP contribution in [-0.4, -0.2) is 21.5 Å². The topological polar surface area (TPSA) is 41.9 Å². The van der Waals surface area contributed by atoms with Gasteiger partial charge in [0.25, 0.3) is 0 Å². The number of hydrogen-bond acceptors (Lipinski definition) is 4. The van der Waals surface area contributed by atoms with E-state index < -0.39 is 0 Å². The van der Waals surface area contributed by atoms with E-state index in [9.17, 15) is 8.78 Å². The zero-order chi connectivity index (χ0) is 20.0. The third kappa shape index (κ3) is 3.20. The van der Waals surface area contributed by atoms with Gasteiger partial charge in [0.05, 0.1) is 5.52 Å². The standard InChI is InChI=1S/C23H18F2N4/c1-14-2-3-17(24)9-19(14)15-8-16-12-29(7-6-21(16)26-11-15)23-20-10-18(25)4-5-22(20)27-13-28-23/h2-5,8-11,13H,6-7,12H2,1H3. The number of halogens is 2. The zero-order valence-electron chi connectivity index (χ0n) is 15.9. The largest absolute Gasteiger partial charge is 0.351 e. The molecule has 4 aromatic rings. The van der Waals surface area contributed by atoms with Crippen LogP contribution in [0.5, 0.6) is 0 Å². The lowest BCUT2D eigenvalue weighted by Crippen LogP contribution is -2.31. The summed E-state index contributed by atoms with van der Waals surface area (Å²) < 4.78 is 27.6. The van der Waals surface area contributed by atoms with E-state index >= 15 is 0 Å². The highest BCUT2D eigenvalue weighted by atomic mass is 19.1. The van der Waals surface area contributed by atoms with Crippen molar-refractivity contribution in [3.8, 4) is 11.1 Å². The molecule has 2 aromatic carbocycles. The minimum absolute atomic E-state index is 0.264. The van der Waals surface area contributed by atoms with E-state index in [0.717, 1.165) is 40.9 Å². The summed E-state index contributed by atoms with van der Waals surface area (Å²) in [5.74, 6) is 0.142. The van der Waals surface area contributed by atoms with Crippen LogP contribution in [-0.2, 0) is 13.0 Å². The average molecular weight is 388 g/mol. The highest BCUT2D eigenvalue weighted by molar-refractivity contribution is 5.89. The van der Waals surface area contributed by atoms with E-state index in [0.29, 0.717) is 23.3 Å². The molecule has 0 fully saturated rings. The summed E-state index contributed by atoms with van der Waals surface area (Å²) in [6, 6.07) is 11.4. The molecular weight excluding hydrogens is 370 g/mol. The lowest BCUT2D eigenvalue weighted by Gasteiger charge is -2.30. The van der Waals surface area contributed by atoms with Crippen LogP contribution in [0.4, 0.5) is 14.6 Å². The first-order valence-electron chi connectivity index (χ1n) is 9.48. The van der Waals surface area contributed by atoms with Crippen molar-refractivity contribution in [3.05, 3.63) is 83.4 Å². The molecule has 5 rings (SSSR count). The van der Waals surface area contributed by atoms with Crippen LogP contribution in [0.2, 0.25) is 0 Å². The molecule has 0 amide bonds. The van der Waals surface area contributed by atoms with Gasteiger partial charge in [0, 0.05) is 42.4 Å². The molecule has 29 heavy (non-hydrogen) atoms. The second-order valence-corrected chi connectivity index (χ2v) is 7.32. The maximum Gasteiger partial charge on any atom is 0.140 e. The molecule has 0 unspecified atom stereocenters. The van der Waals surface area contributed by atoms with Gasteiger partial charge in [-0.3, -0.25) is 4.98 Å². The summed E-state index contributed by atoms with van der Waals surface area (Å²) in [4.78, 5) is 15.4. The van der Waals surface area contributed by atoms with Gasteiger partial charge in [-0.15, -0.1) is 0 Å². The molecule has 3 heterocycles. The van der Waals surface area contributed by atoms with Crippen LogP contribution >= 0.6 is 0 Å². The van der Waals surface area contributed by atoms with Gasteiger partial charge in [0.15, 0.2) is 0 Å². The Morgan fingerprint density at radius 3 is 2.66 bits per heavy atom. The SMILES string of the molecule is Cc1ccc(F)cc1-c1cnc2c(c1)CN(c1ncnc3ccc(F)cc13)CC2. The fraction of sp³-hybridized carbons (Fsp3) is 0.174. The predicted octanol–water partition coefficient (Wildman–Crippen LogP) is 4.84. The third-order valence-electron chi connectivity index (χ3n) is 5.43. The average Bonchev–Trinajstić information content (AvgIpc) is 2.74. The molecule has 0 atom stereocenters. The first-order valence-corrected chi connectivity index (χ1v) is 9.48. The Kier molecular flexibility index (Phi) is 4.19. The van der Waals surface area contributed by atoms with Crippen molar-refractivity contribution in [2.75, 3.05) is 11.4 Å². The molecular formula is C23H18F2N4. The third-order valence-corrected chi connectivity index (χ3v) is 5.43. The fourth-order valence-electron chi connectivity index (χ4n) is 3.93. The van der Waals surface area contributed by atoms with Crippen LogP contribution in [0.1, 0.15) is 16.8 Å². The van der Waals surface area contributed by atoms with Gasteiger partial charge >= 0.3 is 0 Å². The number of rotatable bonds is 2. The highest BCUT2D eigenvalue weighted by Crippen LogP contribution is 2.31. The van der Waals surface area contributed by atoms with Crippen LogP contribution in [0.25, 0.3) is 22.0 Å². The van der Waals surface area contributed by atoms with E-state index in [1.807, 2.05) is 13.1 Å². The Balaban J connectivity index is 1.54.